The fourth-order valence-corrected chi connectivity index (χ4v) is 14.7. The molecule has 10 aromatic rings. The van der Waals surface area contributed by atoms with Crippen molar-refractivity contribution in [3.63, 3.8) is 0 Å². The molecule has 4 heterocycles. The molecule has 0 N–H and O–H groups in total. The topological polar surface area (TPSA) is 19.0 Å². The lowest BCUT2D eigenvalue weighted by molar-refractivity contribution is 0.332. The number of para-hydroxylation sites is 4. The van der Waals surface area contributed by atoms with Crippen molar-refractivity contribution in [2.45, 2.75) is 79.1 Å². The Hall–Kier alpha value is -8.47. The van der Waals surface area contributed by atoms with Crippen LogP contribution in [0.1, 0.15) is 73.9 Å². The summed E-state index contributed by atoms with van der Waals surface area (Å²) in [6, 6.07) is 75.9. The highest BCUT2D eigenvalue weighted by Gasteiger charge is 2.48. The molecule has 4 aliphatic heterocycles. The average molecular weight is 1010 g/mol. The van der Waals surface area contributed by atoms with Crippen LogP contribution in [0.15, 0.2) is 200 Å². The molecule has 0 unspecified atom stereocenters. The average Bonchev–Trinajstić information content (AvgIpc) is 3.63. The van der Waals surface area contributed by atoms with Crippen LogP contribution in [0.25, 0.3) is 22.3 Å². The Kier molecular flexibility index (Phi) is 10.2. The van der Waals surface area contributed by atoms with Gasteiger partial charge in [0.2, 0.25) is 0 Å². The highest BCUT2D eigenvalue weighted by molar-refractivity contribution is 7.02. The smallest absolute Gasteiger partial charge is 0.256 e. The summed E-state index contributed by atoms with van der Waals surface area (Å²) in [6.45, 7) is 18.6. The third-order valence-electron chi connectivity index (χ3n) is 18.4. The van der Waals surface area contributed by atoms with Crippen LogP contribution in [0.5, 0.6) is 11.5 Å². The molecule has 1 aliphatic carbocycles. The summed E-state index contributed by atoms with van der Waals surface area (Å²) in [4.78, 5) is 7.75. The normalized spacial score (nSPS) is 15.5. The van der Waals surface area contributed by atoms with Crippen LogP contribution in [0.3, 0.4) is 0 Å². The van der Waals surface area contributed by atoms with Gasteiger partial charge in [0.15, 0.2) is 0 Å². The molecule has 0 fully saturated rings. The number of fused-ring (bicyclic) bond motifs is 9. The van der Waals surface area contributed by atoms with Crippen molar-refractivity contribution >= 4 is 97.4 Å². The lowest BCUT2D eigenvalue weighted by Gasteiger charge is -2.47. The van der Waals surface area contributed by atoms with Gasteiger partial charge in [0.25, 0.3) is 13.4 Å². The van der Waals surface area contributed by atoms with Crippen molar-refractivity contribution in [3.05, 3.63) is 234 Å². The Bertz CT molecular complexity index is 4120. The second-order valence-corrected chi connectivity index (χ2v) is 24.1. The number of ether oxygens (including phenoxy) is 1. The van der Waals surface area contributed by atoms with Gasteiger partial charge in [-0.2, -0.15) is 0 Å². The molecule has 0 saturated carbocycles. The first kappa shape index (κ1) is 46.8. The van der Waals surface area contributed by atoms with Crippen molar-refractivity contribution in [3.8, 4) is 33.8 Å². The number of rotatable bonds is 5. The van der Waals surface area contributed by atoms with Gasteiger partial charge < -0.3 is 19.4 Å². The lowest BCUT2D eigenvalue weighted by atomic mass is 9.30. The number of hydrogen-bond donors (Lipinski definition) is 0. The van der Waals surface area contributed by atoms with Gasteiger partial charge in [-0.3, -0.25) is 0 Å². The van der Waals surface area contributed by atoms with Gasteiger partial charge in [-0.1, -0.05) is 149 Å². The molecule has 0 saturated heterocycles. The summed E-state index contributed by atoms with van der Waals surface area (Å²) in [5, 5.41) is 0. The van der Waals surface area contributed by atoms with E-state index in [1.165, 1.54) is 123 Å². The van der Waals surface area contributed by atoms with Crippen LogP contribution >= 0.6 is 0 Å². The molecule has 4 nitrogen and oxygen atoms in total. The van der Waals surface area contributed by atoms with E-state index >= 15 is 0 Å². The predicted molar refractivity (Wildman–Crippen MR) is 331 cm³/mol. The third-order valence-corrected chi connectivity index (χ3v) is 18.4. The molecule has 0 radical (unpaired) electrons. The Labute approximate surface area is 460 Å². The zero-order valence-electron chi connectivity index (χ0n) is 45.9. The van der Waals surface area contributed by atoms with E-state index in [0.29, 0.717) is 0 Å². The van der Waals surface area contributed by atoms with Gasteiger partial charge in [0.05, 0.1) is 0 Å². The maximum absolute atomic E-state index is 7.15. The molecule has 5 aliphatic rings. The molecule has 10 aromatic carbocycles. The van der Waals surface area contributed by atoms with E-state index in [2.05, 4.69) is 270 Å². The van der Waals surface area contributed by atoms with Gasteiger partial charge in [-0.15, -0.1) is 0 Å². The zero-order valence-corrected chi connectivity index (χ0v) is 45.9. The Morgan fingerprint density at radius 1 is 0.346 bits per heavy atom. The Morgan fingerprint density at radius 3 is 1.41 bits per heavy atom. The van der Waals surface area contributed by atoms with Gasteiger partial charge in [-0.05, 0) is 219 Å². The minimum absolute atomic E-state index is 0.0380. The summed E-state index contributed by atoms with van der Waals surface area (Å²) < 4.78 is 7.15. The van der Waals surface area contributed by atoms with E-state index in [0.717, 1.165) is 40.5 Å². The van der Waals surface area contributed by atoms with Crippen LogP contribution in [0, 0.1) is 27.7 Å². The number of anilines is 9. The quantitative estimate of drug-likeness (QED) is 0.160. The van der Waals surface area contributed by atoms with Gasteiger partial charge in [-0.25, -0.2) is 0 Å². The Balaban J connectivity index is 1.06. The highest BCUT2D eigenvalue weighted by Crippen LogP contribution is 2.52. The van der Waals surface area contributed by atoms with E-state index in [9.17, 15) is 0 Å². The number of benzene rings is 10. The minimum Gasteiger partial charge on any atom is -0.458 e. The molecule has 78 heavy (non-hydrogen) atoms. The first-order chi connectivity index (χ1) is 37.8. The molecule has 0 spiro atoms. The largest absolute Gasteiger partial charge is 0.458 e. The second-order valence-electron chi connectivity index (χ2n) is 24.1. The van der Waals surface area contributed by atoms with Crippen LogP contribution in [-0.4, -0.2) is 13.4 Å². The predicted octanol–water partition coefficient (Wildman–Crippen LogP) is 15.1. The number of hydrogen-bond acceptors (Lipinski definition) is 4. The maximum Gasteiger partial charge on any atom is 0.256 e. The summed E-state index contributed by atoms with van der Waals surface area (Å²) >= 11 is 0. The van der Waals surface area contributed by atoms with Crippen LogP contribution in [-0.2, 0) is 10.8 Å². The molecule has 376 valence electrons. The summed E-state index contributed by atoms with van der Waals surface area (Å²) in [6.07, 6.45) is 2.33. The highest BCUT2D eigenvalue weighted by atomic mass is 16.5. The van der Waals surface area contributed by atoms with Crippen LogP contribution in [0.2, 0.25) is 0 Å². The van der Waals surface area contributed by atoms with Crippen LogP contribution in [0.4, 0.5) is 51.2 Å². The molecular formula is C72H61B2N3O. The van der Waals surface area contributed by atoms with E-state index < -0.39 is 0 Å². The van der Waals surface area contributed by atoms with E-state index in [1.54, 1.807) is 0 Å². The lowest BCUT2D eigenvalue weighted by Crippen LogP contribution is -2.64. The monoisotopic (exact) mass is 1010 g/mol. The van der Waals surface area contributed by atoms with Crippen LogP contribution < -0.4 is 52.2 Å². The third kappa shape index (κ3) is 6.81. The van der Waals surface area contributed by atoms with Crippen molar-refractivity contribution < 1.29 is 4.74 Å². The number of nitrogens with zero attached hydrogens (tertiary/aromatic N) is 3. The molecular weight excluding hydrogens is 944 g/mol. The zero-order chi connectivity index (χ0) is 52.9. The van der Waals surface area contributed by atoms with Crippen molar-refractivity contribution in [1.29, 1.82) is 0 Å². The fraction of sp³-hybridized carbons (Fsp3) is 0.167. The van der Waals surface area contributed by atoms with Crippen molar-refractivity contribution in [2.75, 3.05) is 14.7 Å². The number of aryl methyl sites for hydroxylation is 4. The van der Waals surface area contributed by atoms with E-state index in [-0.39, 0.29) is 24.3 Å². The van der Waals surface area contributed by atoms with Crippen molar-refractivity contribution in [2.24, 2.45) is 0 Å². The second kappa shape index (κ2) is 17.0. The first-order valence-corrected chi connectivity index (χ1v) is 28.0. The Morgan fingerprint density at radius 2 is 0.821 bits per heavy atom. The maximum atomic E-state index is 7.15. The van der Waals surface area contributed by atoms with E-state index in [4.69, 9.17) is 4.74 Å². The molecule has 0 amide bonds. The molecule has 0 atom stereocenters. The first-order valence-electron chi connectivity index (χ1n) is 28.0. The van der Waals surface area contributed by atoms with E-state index in [1.807, 2.05) is 0 Å². The fourth-order valence-electron chi connectivity index (χ4n) is 14.7. The molecule has 0 aromatic heterocycles. The molecule has 6 heteroatoms. The SMILES string of the molecule is Cc1cccc(C)c1-c1cc2c3c(c1)N(c1ccccc1)c1cc4c(cc1B3c1ccccc1O2)B1c2ccccc2N(c2ccc3c(c2)C(C)(C)CCC3(C)C)c2cc(-c3c(C)cccc3C)cc(c21)N4c1ccccc1. The standard InChI is InChI=1S/C72H61B2N3O/c1-44-21-19-22-45(2)67(44)48-37-62-69-63(38-48)77(52-33-34-53-54(41-52)72(7,8)36-35-71(53,5)6)59-31-17-15-29-55(59)73(69)57-42-58-61(43-60(57)75(62)50-25-11-9-12-26-50)76(51-27-13-10-14-28-51)64-39-49(68-46(3)23-20-24-47(68)4)40-66-70(64)74(58)56-30-16-18-32-65(56)78-66/h9-34,37-43H,35-36H2,1-8H3. The van der Waals surface area contributed by atoms with Gasteiger partial charge in [0, 0.05) is 51.2 Å². The van der Waals surface area contributed by atoms with Gasteiger partial charge in [0.1, 0.15) is 11.5 Å². The summed E-state index contributed by atoms with van der Waals surface area (Å²) in [5.74, 6) is 1.82. The summed E-state index contributed by atoms with van der Waals surface area (Å²) in [5.41, 5.74) is 31.1. The molecule has 15 rings (SSSR count). The molecule has 0 bridgehead atoms. The van der Waals surface area contributed by atoms with Crippen molar-refractivity contribution in [1.82, 2.24) is 0 Å². The summed E-state index contributed by atoms with van der Waals surface area (Å²) in [7, 11) is 0. The van der Waals surface area contributed by atoms with Gasteiger partial charge >= 0.3 is 0 Å². The minimum atomic E-state index is -0.0943.